The molecule has 1 aliphatic rings. The molecule has 1 fully saturated rings. The van der Waals surface area contributed by atoms with Crippen LogP contribution in [0, 0.1) is 12.3 Å². The standard InChI is InChI=1S/C17H24N2/c1-3-16(4-2)18-17-11-8-12-19(14-17)13-15-9-6-5-7-10-15/h1,5-7,9-10,16-18H,4,8,11-14H2,2H3. The van der Waals surface area contributed by atoms with Crippen LogP contribution in [-0.2, 0) is 6.54 Å². The van der Waals surface area contributed by atoms with Crippen molar-refractivity contribution in [2.75, 3.05) is 13.1 Å². The second-order valence-electron chi connectivity index (χ2n) is 5.35. The van der Waals surface area contributed by atoms with Crippen molar-refractivity contribution in [3.8, 4) is 12.3 Å². The quantitative estimate of drug-likeness (QED) is 0.815. The van der Waals surface area contributed by atoms with Crippen LogP contribution in [0.2, 0.25) is 0 Å². The largest absolute Gasteiger partial charge is 0.300 e. The summed E-state index contributed by atoms with van der Waals surface area (Å²) in [7, 11) is 0. The van der Waals surface area contributed by atoms with Gasteiger partial charge in [-0.25, -0.2) is 0 Å². The van der Waals surface area contributed by atoms with Crippen molar-refractivity contribution in [2.45, 2.75) is 44.8 Å². The summed E-state index contributed by atoms with van der Waals surface area (Å²) in [6.07, 6.45) is 9.03. The fraction of sp³-hybridized carbons (Fsp3) is 0.529. The minimum Gasteiger partial charge on any atom is -0.300 e. The second kappa shape index (κ2) is 7.33. The topological polar surface area (TPSA) is 15.3 Å². The van der Waals surface area contributed by atoms with Gasteiger partial charge in [0.05, 0.1) is 6.04 Å². The summed E-state index contributed by atoms with van der Waals surface area (Å²) >= 11 is 0. The highest BCUT2D eigenvalue weighted by Gasteiger charge is 2.21. The van der Waals surface area contributed by atoms with Crippen LogP contribution in [0.3, 0.4) is 0 Å². The molecule has 2 heteroatoms. The molecule has 2 atom stereocenters. The molecule has 2 nitrogen and oxygen atoms in total. The van der Waals surface area contributed by atoms with Gasteiger partial charge in [0.1, 0.15) is 0 Å². The first-order valence-electron chi connectivity index (χ1n) is 7.30. The zero-order chi connectivity index (χ0) is 13.5. The van der Waals surface area contributed by atoms with Gasteiger partial charge in [-0.15, -0.1) is 6.42 Å². The van der Waals surface area contributed by atoms with E-state index in [1.54, 1.807) is 0 Å². The van der Waals surface area contributed by atoms with Crippen molar-refractivity contribution in [3.05, 3.63) is 35.9 Å². The average Bonchev–Trinajstić information content (AvgIpc) is 2.46. The number of piperidine rings is 1. The molecule has 19 heavy (non-hydrogen) atoms. The number of rotatable bonds is 5. The summed E-state index contributed by atoms with van der Waals surface area (Å²) < 4.78 is 0. The zero-order valence-electron chi connectivity index (χ0n) is 11.8. The molecule has 0 amide bonds. The lowest BCUT2D eigenvalue weighted by Crippen LogP contribution is -2.48. The Morgan fingerprint density at radius 1 is 1.42 bits per heavy atom. The number of nitrogens with zero attached hydrogens (tertiary/aromatic N) is 1. The Bertz CT molecular complexity index is 407. The Morgan fingerprint density at radius 2 is 2.21 bits per heavy atom. The minimum atomic E-state index is 0.224. The van der Waals surface area contributed by atoms with Crippen LogP contribution in [0.1, 0.15) is 31.7 Å². The third-order valence-electron chi connectivity index (χ3n) is 3.80. The fourth-order valence-corrected chi connectivity index (χ4v) is 2.75. The summed E-state index contributed by atoms with van der Waals surface area (Å²) in [5.41, 5.74) is 1.40. The number of benzene rings is 1. The molecule has 1 heterocycles. The number of nitrogens with one attached hydrogen (secondary N) is 1. The zero-order valence-corrected chi connectivity index (χ0v) is 11.8. The number of hydrogen-bond donors (Lipinski definition) is 1. The van der Waals surface area contributed by atoms with Crippen molar-refractivity contribution in [1.82, 2.24) is 10.2 Å². The van der Waals surface area contributed by atoms with Crippen molar-refractivity contribution >= 4 is 0 Å². The van der Waals surface area contributed by atoms with Gasteiger partial charge in [-0.3, -0.25) is 10.2 Å². The molecule has 1 aliphatic heterocycles. The first kappa shape index (κ1) is 14.1. The van der Waals surface area contributed by atoms with E-state index >= 15 is 0 Å². The lowest BCUT2D eigenvalue weighted by molar-refractivity contribution is 0.179. The predicted octanol–water partition coefficient (Wildman–Crippen LogP) is 2.65. The van der Waals surface area contributed by atoms with E-state index in [9.17, 15) is 0 Å². The Kier molecular flexibility index (Phi) is 5.44. The molecular formula is C17H24N2. The van der Waals surface area contributed by atoms with Crippen molar-refractivity contribution in [2.24, 2.45) is 0 Å². The summed E-state index contributed by atoms with van der Waals surface area (Å²) in [5.74, 6) is 2.83. The maximum absolute atomic E-state index is 5.53. The predicted molar refractivity (Wildman–Crippen MR) is 80.8 cm³/mol. The van der Waals surface area contributed by atoms with Crippen LogP contribution in [0.5, 0.6) is 0 Å². The highest BCUT2D eigenvalue weighted by atomic mass is 15.2. The molecule has 2 rings (SSSR count). The summed E-state index contributed by atoms with van der Waals surface area (Å²) in [5, 5.41) is 3.59. The van der Waals surface area contributed by atoms with Gasteiger partial charge >= 0.3 is 0 Å². The summed E-state index contributed by atoms with van der Waals surface area (Å²) in [6.45, 7) is 5.49. The van der Waals surface area contributed by atoms with E-state index in [-0.39, 0.29) is 6.04 Å². The molecule has 0 saturated carbocycles. The van der Waals surface area contributed by atoms with Gasteiger partial charge in [-0.1, -0.05) is 43.2 Å². The molecule has 1 saturated heterocycles. The Hall–Kier alpha value is -1.30. The van der Waals surface area contributed by atoms with E-state index in [4.69, 9.17) is 6.42 Å². The maximum atomic E-state index is 5.53. The van der Waals surface area contributed by atoms with Gasteiger partial charge in [0.25, 0.3) is 0 Å². The van der Waals surface area contributed by atoms with Crippen LogP contribution < -0.4 is 5.32 Å². The first-order valence-corrected chi connectivity index (χ1v) is 7.30. The molecule has 1 aromatic rings. The highest BCUT2D eigenvalue weighted by Crippen LogP contribution is 2.14. The smallest absolute Gasteiger partial charge is 0.0686 e. The Balaban J connectivity index is 1.85. The van der Waals surface area contributed by atoms with Gasteiger partial charge in [-0.05, 0) is 31.4 Å². The summed E-state index contributed by atoms with van der Waals surface area (Å²) in [4.78, 5) is 2.53. The average molecular weight is 256 g/mol. The van der Waals surface area contributed by atoms with Crippen LogP contribution in [0.4, 0.5) is 0 Å². The van der Waals surface area contributed by atoms with E-state index in [0.717, 1.165) is 19.5 Å². The monoisotopic (exact) mass is 256 g/mol. The Morgan fingerprint density at radius 3 is 2.89 bits per heavy atom. The lowest BCUT2D eigenvalue weighted by Gasteiger charge is -2.34. The molecule has 2 unspecified atom stereocenters. The number of hydrogen-bond acceptors (Lipinski definition) is 2. The van der Waals surface area contributed by atoms with E-state index in [1.165, 1.54) is 24.9 Å². The first-order chi connectivity index (χ1) is 9.31. The molecular weight excluding hydrogens is 232 g/mol. The van der Waals surface area contributed by atoms with Crippen molar-refractivity contribution in [1.29, 1.82) is 0 Å². The van der Waals surface area contributed by atoms with Gasteiger partial charge in [0, 0.05) is 19.1 Å². The number of likely N-dealkylation sites (tertiary alicyclic amines) is 1. The normalized spacial score (nSPS) is 21.8. The van der Waals surface area contributed by atoms with Gasteiger partial charge < -0.3 is 0 Å². The van der Waals surface area contributed by atoms with Crippen LogP contribution in [0.25, 0.3) is 0 Å². The molecule has 0 aromatic heterocycles. The van der Waals surface area contributed by atoms with E-state index in [0.29, 0.717) is 6.04 Å². The molecule has 0 aliphatic carbocycles. The molecule has 0 radical (unpaired) electrons. The molecule has 0 bridgehead atoms. The van der Waals surface area contributed by atoms with E-state index < -0.39 is 0 Å². The van der Waals surface area contributed by atoms with Gasteiger partial charge in [-0.2, -0.15) is 0 Å². The van der Waals surface area contributed by atoms with Crippen LogP contribution in [-0.4, -0.2) is 30.1 Å². The van der Waals surface area contributed by atoms with Crippen molar-refractivity contribution in [3.63, 3.8) is 0 Å². The number of terminal acetylenes is 1. The maximum Gasteiger partial charge on any atom is 0.0686 e. The van der Waals surface area contributed by atoms with Gasteiger partial charge in [0.2, 0.25) is 0 Å². The third kappa shape index (κ3) is 4.38. The second-order valence-corrected chi connectivity index (χ2v) is 5.35. The highest BCUT2D eigenvalue weighted by molar-refractivity contribution is 5.14. The van der Waals surface area contributed by atoms with E-state index in [2.05, 4.69) is 53.4 Å². The third-order valence-corrected chi connectivity index (χ3v) is 3.80. The molecule has 0 spiro atoms. The molecule has 1 aromatic carbocycles. The minimum absolute atomic E-state index is 0.224. The van der Waals surface area contributed by atoms with Crippen molar-refractivity contribution < 1.29 is 0 Å². The van der Waals surface area contributed by atoms with Gasteiger partial charge in [0.15, 0.2) is 0 Å². The Labute approximate surface area is 117 Å². The summed E-state index contributed by atoms with van der Waals surface area (Å²) in [6, 6.07) is 11.5. The van der Waals surface area contributed by atoms with Crippen LogP contribution in [0.15, 0.2) is 30.3 Å². The molecule has 102 valence electrons. The lowest BCUT2D eigenvalue weighted by atomic mass is 10.0. The molecule has 1 N–H and O–H groups in total. The SMILES string of the molecule is C#CC(CC)NC1CCCN(Cc2ccccc2)C1. The van der Waals surface area contributed by atoms with Crippen LogP contribution >= 0.6 is 0 Å². The fourth-order valence-electron chi connectivity index (χ4n) is 2.75. The van der Waals surface area contributed by atoms with E-state index in [1.807, 2.05) is 0 Å².